The third kappa shape index (κ3) is 9.51. The van der Waals surface area contributed by atoms with Crippen LogP contribution in [0.3, 0.4) is 0 Å². The normalized spacial score (nSPS) is 11.3. The van der Waals surface area contributed by atoms with Crippen LogP contribution in [0, 0.1) is 0 Å². The monoisotopic (exact) mass is 645 g/mol. The van der Waals surface area contributed by atoms with E-state index in [-0.39, 0.29) is 19.6 Å². The zero-order valence-electron chi connectivity index (χ0n) is 26.1. The molecule has 14 heteroatoms. The van der Waals surface area contributed by atoms with Crippen molar-refractivity contribution in [3.05, 3.63) is 60.7 Å². The highest BCUT2D eigenvalue weighted by atomic mass is 16.4. The van der Waals surface area contributed by atoms with Crippen molar-refractivity contribution >= 4 is 62.6 Å². The van der Waals surface area contributed by atoms with Crippen LogP contribution < -0.4 is 31.8 Å². The number of carbonyl (C=O) groups excluding carboxylic acids is 2. The number of hydrogen-bond donors (Lipinski definition) is 6. The van der Waals surface area contributed by atoms with E-state index in [2.05, 4.69) is 15.2 Å². The highest BCUT2D eigenvalue weighted by molar-refractivity contribution is 6.10. The van der Waals surface area contributed by atoms with Crippen molar-refractivity contribution < 1.29 is 39.1 Å². The van der Waals surface area contributed by atoms with E-state index in [0.29, 0.717) is 30.9 Å². The number of pyridine rings is 1. The number of nitrogens with two attached hydrogens (primary N) is 2. The fraction of sp³-hybridized carbons (Fsp3) is 0.303. The van der Waals surface area contributed by atoms with Crippen LogP contribution in [0.4, 0.5) is 17.1 Å². The lowest BCUT2D eigenvalue weighted by molar-refractivity contribution is -0.632. The van der Waals surface area contributed by atoms with E-state index in [9.17, 15) is 29.4 Å². The van der Waals surface area contributed by atoms with Gasteiger partial charge in [0, 0.05) is 66.8 Å². The van der Waals surface area contributed by atoms with Crippen LogP contribution in [0.1, 0.15) is 6.42 Å². The molecule has 0 aliphatic carbocycles. The summed E-state index contributed by atoms with van der Waals surface area (Å²) in [5.74, 6) is -4.27. The van der Waals surface area contributed by atoms with Gasteiger partial charge in [-0.3, -0.25) is 24.2 Å². The van der Waals surface area contributed by atoms with Crippen molar-refractivity contribution in [2.75, 3.05) is 69.1 Å². The molecule has 248 valence electrons. The minimum Gasteiger partial charge on any atom is -0.549 e. The number of carboxylic acids is 3. The number of nitrogens with zero attached hydrogens (tertiary/aromatic N) is 3. The molecule has 1 amide bonds. The molecule has 0 saturated heterocycles. The molecule has 1 aromatic heterocycles. The van der Waals surface area contributed by atoms with Gasteiger partial charge in [-0.25, -0.2) is 0 Å². The first-order valence-electron chi connectivity index (χ1n) is 15.0. The van der Waals surface area contributed by atoms with Gasteiger partial charge in [0.2, 0.25) is 17.1 Å². The molecule has 47 heavy (non-hydrogen) atoms. The maximum atomic E-state index is 12.5. The molecular formula is C33H39N7O7. The van der Waals surface area contributed by atoms with E-state index in [1.165, 1.54) is 4.90 Å². The Bertz CT molecular complexity index is 1760. The fourth-order valence-corrected chi connectivity index (χ4v) is 5.53. The summed E-state index contributed by atoms with van der Waals surface area (Å²) >= 11 is 0. The number of aryl methyl sites for hydroxylation is 1. The van der Waals surface area contributed by atoms with Gasteiger partial charge in [-0.05, 0) is 55.0 Å². The summed E-state index contributed by atoms with van der Waals surface area (Å²) in [6, 6.07) is 19.8. The Balaban J connectivity index is 1.31. The Morgan fingerprint density at radius 1 is 0.766 bits per heavy atom. The molecule has 3 aromatic carbocycles. The van der Waals surface area contributed by atoms with Crippen molar-refractivity contribution in [2.24, 2.45) is 7.05 Å². The Kier molecular flexibility index (Phi) is 11.5. The molecule has 4 aromatic rings. The lowest BCUT2D eigenvalue weighted by atomic mass is 9.98. The van der Waals surface area contributed by atoms with Crippen LogP contribution in [0.2, 0.25) is 0 Å². The molecule has 14 nitrogen and oxygen atoms in total. The standard InChI is InChI=1S/C33H39N7O7/c1-38-28-16-23(35)6-10-26(28)25-9-5-22(34)15-27(25)33(38)21-3-7-24(8-4-21)36-11-2-12-37-29(41)17-39(18-30(42)43)13-14-40(19-31(44)45)20-32(46)47/h3-10,15-16H,2,11-14,17-20,34H2,1H3,(H6,35,36,37,41,42,43,44,45,46,47). The first-order chi connectivity index (χ1) is 22.4. The zero-order valence-corrected chi connectivity index (χ0v) is 26.1. The van der Waals surface area contributed by atoms with E-state index in [4.69, 9.17) is 16.6 Å². The van der Waals surface area contributed by atoms with Gasteiger partial charge in [-0.15, -0.1) is 0 Å². The van der Waals surface area contributed by atoms with Gasteiger partial charge in [0.1, 0.15) is 7.05 Å². The number of benzene rings is 3. The molecule has 0 fully saturated rings. The smallest absolute Gasteiger partial charge is 0.317 e. The van der Waals surface area contributed by atoms with Crippen LogP contribution in [-0.2, 0) is 26.2 Å². The maximum absolute atomic E-state index is 12.5. The molecule has 0 spiro atoms. The Morgan fingerprint density at radius 2 is 1.36 bits per heavy atom. The van der Waals surface area contributed by atoms with Crippen molar-refractivity contribution in [1.29, 1.82) is 0 Å². The number of fused-ring (bicyclic) bond motifs is 3. The quantitative estimate of drug-likeness (QED) is 0.0390. The van der Waals surface area contributed by atoms with E-state index in [1.54, 1.807) is 0 Å². The number of carbonyl (C=O) groups is 4. The number of carboxylic acid groups (broad SMARTS) is 3. The van der Waals surface area contributed by atoms with Crippen LogP contribution in [0.15, 0.2) is 60.7 Å². The molecule has 0 atom stereocenters. The number of hydrogen-bond acceptors (Lipinski definition) is 10. The minimum absolute atomic E-state index is 0.0215. The molecule has 0 bridgehead atoms. The summed E-state index contributed by atoms with van der Waals surface area (Å²) in [5.41, 5.74) is 17.5. The van der Waals surface area contributed by atoms with Gasteiger partial charge in [0.15, 0.2) is 0 Å². The number of amides is 1. The third-order valence-electron chi connectivity index (χ3n) is 7.64. The third-order valence-corrected chi connectivity index (χ3v) is 7.64. The molecule has 8 N–H and O–H groups in total. The molecule has 0 unspecified atom stereocenters. The van der Waals surface area contributed by atoms with E-state index in [1.807, 2.05) is 67.7 Å². The minimum atomic E-state index is -1.46. The molecule has 0 saturated carbocycles. The second kappa shape index (κ2) is 15.7. The van der Waals surface area contributed by atoms with Gasteiger partial charge in [-0.2, -0.15) is 4.57 Å². The molecule has 1 heterocycles. The molecular weight excluding hydrogens is 606 g/mol. The molecule has 4 rings (SSSR count). The lowest BCUT2D eigenvalue weighted by Crippen LogP contribution is -2.47. The van der Waals surface area contributed by atoms with Crippen molar-refractivity contribution in [2.45, 2.75) is 6.42 Å². The molecule has 0 aliphatic rings. The van der Waals surface area contributed by atoms with Gasteiger partial charge >= 0.3 is 11.9 Å². The average molecular weight is 646 g/mol. The topological polar surface area (TPSA) is 218 Å². The second-order valence-corrected chi connectivity index (χ2v) is 11.3. The van der Waals surface area contributed by atoms with Crippen LogP contribution in [0.5, 0.6) is 0 Å². The Hall–Kier alpha value is -5.47. The van der Waals surface area contributed by atoms with E-state index < -0.39 is 43.4 Å². The van der Waals surface area contributed by atoms with Crippen LogP contribution in [-0.4, -0.2) is 96.2 Å². The van der Waals surface area contributed by atoms with Crippen molar-refractivity contribution in [3.63, 3.8) is 0 Å². The van der Waals surface area contributed by atoms with Gasteiger partial charge in [-0.1, -0.05) is 6.07 Å². The SMILES string of the molecule is C[n+]1c(-c2ccc(NCCCNC(=O)CN(CCN(CC(=O)[O-])CC(=O)O)CC(=O)O)cc2)c2cc(N)ccc2c2ccc(N)cc21. The van der Waals surface area contributed by atoms with Crippen LogP contribution >= 0.6 is 0 Å². The number of anilines is 3. The number of nitrogens with one attached hydrogen (secondary N) is 2. The summed E-state index contributed by atoms with van der Waals surface area (Å²) in [5, 5.41) is 38.4. The maximum Gasteiger partial charge on any atom is 0.317 e. The highest BCUT2D eigenvalue weighted by Crippen LogP contribution is 2.33. The molecule has 0 aliphatic heterocycles. The number of rotatable bonds is 17. The number of aliphatic carboxylic acids is 3. The zero-order chi connectivity index (χ0) is 34.1. The number of nitrogen functional groups attached to an aromatic ring is 2. The van der Waals surface area contributed by atoms with Gasteiger partial charge in [0.05, 0.1) is 36.4 Å². The second-order valence-electron chi connectivity index (χ2n) is 11.3. The summed E-state index contributed by atoms with van der Waals surface area (Å²) in [6.07, 6.45) is 0.593. The average Bonchev–Trinajstić information content (AvgIpc) is 2.99. The summed E-state index contributed by atoms with van der Waals surface area (Å²) in [7, 11) is 2.01. The van der Waals surface area contributed by atoms with E-state index in [0.717, 1.165) is 43.5 Å². The summed E-state index contributed by atoms with van der Waals surface area (Å²) in [6.45, 7) is -1.08. The van der Waals surface area contributed by atoms with Crippen LogP contribution in [0.25, 0.3) is 32.9 Å². The predicted molar refractivity (Wildman–Crippen MR) is 176 cm³/mol. The summed E-state index contributed by atoms with van der Waals surface area (Å²) < 4.78 is 2.12. The Labute approximate surface area is 271 Å². The van der Waals surface area contributed by atoms with Gasteiger partial charge < -0.3 is 42.2 Å². The number of aromatic nitrogens is 1. The fourth-order valence-electron chi connectivity index (χ4n) is 5.53. The lowest BCUT2D eigenvalue weighted by Gasteiger charge is -2.25. The predicted octanol–water partition coefficient (Wildman–Crippen LogP) is 0.0902. The van der Waals surface area contributed by atoms with Gasteiger partial charge in [0.25, 0.3) is 0 Å². The first kappa shape index (κ1) is 34.4. The Morgan fingerprint density at radius 3 is 1.98 bits per heavy atom. The van der Waals surface area contributed by atoms with Crippen molar-refractivity contribution in [3.8, 4) is 11.3 Å². The first-order valence-corrected chi connectivity index (χ1v) is 15.0. The molecule has 0 radical (unpaired) electrons. The largest absolute Gasteiger partial charge is 0.549 e. The summed E-state index contributed by atoms with van der Waals surface area (Å²) in [4.78, 5) is 48.1. The van der Waals surface area contributed by atoms with E-state index >= 15 is 0 Å². The highest BCUT2D eigenvalue weighted by Gasteiger charge is 2.21. The van der Waals surface area contributed by atoms with Crippen molar-refractivity contribution in [1.82, 2.24) is 15.1 Å².